The molecule has 4 rings (SSSR count). The van der Waals surface area contributed by atoms with Crippen LogP contribution in [-0.2, 0) is 17.9 Å². The zero-order valence-electron chi connectivity index (χ0n) is 19.3. The highest BCUT2D eigenvalue weighted by atomic mass is 16.5. The molecule has 0 aliphatic heterocycles. The molecule has 0 aliphatic rings. The van der Waals surface area contributed by atoms with Crippen LogP contribution in [0.25, 0.3) is 11.1 Å². The van der Waals surface area contributed by atoms with Crippen LogP contribution in [0.15, 0.2) is 71.1 Å². The molecule has 0 bridgehead atoms. The fourth-order valence-corrected chi connectivity index (χ4v) is 3.49. The monoisotopic (exact) mass is 444 g/mol. The smallest absolute Gasteiger partial charge is 0.347 e. The second-order valence-electron chi connectivity index (χ2n) is 8.82. The molecule has 3 aromatic carbocycles. The van der Waals surface area contributed by atoms with Crippen molar-refractivity contribution in [2.24, 2.45) is 0 Å². The van der Waals surface area contributed by atoms with Gasteiger partial charge in [-0.3, -0.25) is 0 Å². The lowest BCUT2D eigenvalue weighted by molar-refractivity contribution is -0.152. The first kappa shape index (κ1) is 22.4. The lowest BCUT2D eigenvalue weighted by atomic mass is 10.1. The number of hydrogen-bond donors (Lipinski definition) is 1. The Morgan fingerprint density at radius 1 is 1.00 bits per heavy atom. The van der Waals surface area contributed by atoms with E-state index in [9.17, 15) is 9.90 Å². The molecule has 0 unspecified atom stereocenters. The molecule has 4 aromatic rings. The number of anilines is 1. The van der Waals surface area contributed by atoms with Crippen molar-refractivity contribution < 1.29 is 19.1 Å². The van der Waals surface area contributed by atoms with Crippen molar-refractivity contribution in [3.8, 4) is 5.75 Å². The first-order chi connectivity index (χ1) is 15.7. The lowest BCUT2D eigenvalue weighted by Crippen LogP contribution is -2.38. The Morgan fingerprint density at radius 2 is 1.67 bits per heavy atom. The number of nitrogens with zero attached hydrogens (tertiary/aromatic N) is 2. The Kier molecular flexibility index (Phi) is 6.09. The molecule has 0 radical (unpaired) electrons. The highest BCUT2D eigenvalue weighted by Gasteiger charge is 2.30. The number of aromatic nitrogens is 1. The molecule has 1 N–H and O–H groups in total. The van der Waals surface area contributed by atoms with E-state index < -0.39 is 11.6 Å². The molecule has 33 heavy (non-hydrogen) atoms. The fourth-order valence-electron chi connectivity index (χ4n) is 3.49. The number of carboxylic acids is 1. The number of oxazole rings is 1. The number of benzene rings is 3. The number of fused-ring (bicyclic) bond motifs is 1. The van der Waals surface area contributed by atoms with Crippen LogP contribution in [-0.4, -0.2) is 21.7 Å². The Labute approximate surface area is 193 Å². The highest BCUT2D eigenvalue weighted by molar-refractivity contribution is 5.77. The van der Waals surface area contributed by atoms with Gasteiger partial charge in [-0.2, -0.15) is 4.98 Å². The topological polar surface area (TPSA) is 75.8 Å². The van der Waals surface area contributed by atoms with Crippen LogP contribution in [0.5, 0.6) is 5.75 Å². The summed E-state index contributed by atoms with van der Waals surface area (Å²) in [7, 11) is 0. The maximum atomic E-state index is 11.5. The van der Waals surface area contributed by atoms with Crippen molar-refractivity contribution in [2.45, 2.75) is 46.4 Å². The fraction of sp³-hybridized carbons (Fsp3) is 0.259. The number of carbonyl (C=O) groups is 1. The quantitative estimate of drug-likeness (QED) is 0.365. The van der Waals surface area contributed by atoms with Crippen molar-refractivity contribution in [1.29, 1.82) is 0 Å². The summed E-state index contributed by atoms with van der Waals surface area (Å²) in [6, 6.07) is 22.5. The van der Waals surface area contributed by atoms with Gasteiger partial charge in [0, 0.05) is 13.1 Å². The Morgan fingerprint density at radius 3 is 2.36 bits per heavy atom. The third kappa shape index (κ3) is 5.17. The van der Waals surface area contributed by atoms with Crippen molar-refractivity contribution in [1.82, 2.24) is 4.98 Å². The summed E-state index contributed by atoms with van der Waals surface area (Å²) in [6.07, 6.45) is 0. The largest absolute Gasteiger partial charge is 0.478 e. The van der Waals surface area contributed by atoms with Crippen LogP contribution < -0.4 is 9.64 Å². The van der Waals surface area contributed by atoms with E-state index in [0.717, 1.165) is 27.8 Å². The molecule has 0 aliphatic carbocycles. The predicted molar refractivity (Wildman–Crippen MR) is 129 cm³/mol. The van der Waals surface area contributed by atoms with E-state index in [1.807, 2.05) is 49.4 Å². The van der Waals surface area contributed by atoms with Crippen LogP contribution in [0.3, 0.4) is 0 Å². The number of aliphatic carboxylic acids is 1. The zero-order valence-corrected chi connectivity index (χ0v) is 19.3. The first-order valence-corrected chi connectivity index (χ1v) is 10.9. The van der Waals surface area contributed by atoms with E-state index in [1.165, 1.54) is 5.56 Å². The Bertz CT molecular complexity index is 1240. The molecule has 6 heteroatoms. The normalized spacial score (nSPS) is 11.5. The van der Waals surface area contributed by atoms with E-state index in [0.29, 0.717) is 24.9 Å². The number of carboxylic acid groups (broad SMARTS) is 1. The van der Waals surface area contributed by atoms with E-state index in [-0.39, 0.29) is 0 Å². The van der Waals surface area contributed by atoms with Crippen molar-refractivity contribution in [3.63, 3.8) is 0 Å². The maximum Gasteiger partial charge on any atom is 0.347 e. The zero-order chi connectivity index (χ0) is 23.6. The van der Waals surface area contributed by atoms with Crippen LogP contribution in [0.1, 0.15) is 36.1 Å². The van der Waals surface area contributed by atoms with Gasteiger partial charge in [0.05, 0.1) is 0 Å². The number of para-hydroxylation sites is 2. The molecule has 170 valence electrons. The van der Waals surface area contributed by atoms with Gasteiger partial charge < -0.3 is 19.2 Å². The Hall–Kier alpha value is -3.80. The molecule has 1 aromatic heterocycles. The van der Waals surface area contributed by atoms with Crippen LogP contribution >= 0.6 is 0 Å². The van der Waals surface area contributed by atoms with Crippen molar-refractivity contribution in [2.75, 3.05) is 4.90 Å². The van der Waals surface area contributed by atoms with Crippen LogP contribution in [0, 0.1) is 13.8 Å². The van der Waals surface area contributed by atoms with E-state index >= 15 is 0 Å². The summed E-state index contributed by atoms with van der Waals surface area (Å²) in [5.41, 5.74) is 4.39. The summed E-state index contributed by atoms with van der Waals surface area (Å²) in [4.78, 5) is 18.3. The summed E-state index contributed by atoms with van der Waals surface area (Å²) in [6.45, 7) is 8.19. The van der Waals surface area contributed by atoms with Gasteiger partial charge in [-0.05, 0) is 62.6 Å². The third-order valence-corrected chi connectivity index (χ3v) is 5.55. The molecular formula is C27H28N2O4. The average molecular weight is 445 g/mol. The SMILES string of the molecule is Cc1ccc(CN(Cc2ccc(C)c(OC(C)(C)C(=O)O)c2)c2nc3ccccc3o2)cc1. The molecule has 0 spiro atoms. The number of aryl methyl sites for hydroxylation is 2. The van der Waals surface area contributed by atoms with E-state index in [4.69, 9.17) is 14.1 Å². The van der Waals surface area contributed by atoms with Gasteiger partial charge in [0.2, 0.25) is 0 Å². The van der Waals surface area contributed by atoms with Crippen LogP contribution in [0.4, 0.5) is 6.01 Å². The molecular weight excluding hydrogens is 416 g/mol. The number of rotatable bonds is 8. The molecule has 0 saturated carbocycles. The van der Waals surface area contributed by atoms with Crippen molar-refractivity contribution >= 4 is 23.1 Å². The minimum atomic E-state index is -1.33. The minimum absolute atomic E-state index is 0.519. The van der Waals surface area contributed by atoms with E-state index in [2.05, 4.69) is 36.1 Å². The maximum absolute atomic E-state index is 11.5. The van der Waals surface area contributed by atoms with Gasteiger partial charge in [-0.25, -0.2) is 4.79 Å². The molecule has 0 saturated heterocycles. The second-order valence-corrected chi connectivity index (χ2v) is 8.82. The highest BCUT2D eigenvalue weighted by Crippen LogP contribution is 2.28. The van der Waals surface area contributed by atoms with Gasteiger partial charge in [0.15, 0.2) is 11.2 Å². The van der Waals surface area contributed by atoms with Gasteiger partial charge in [0.1, 0.15) is 11.3 Å². The number of hydrogen-bond acceptors (Lipinski definition) is 5. The first-order valence-electron chi connectivity index (χ1n) is 10.9. The lowest BCUT2D eigenvalue weighted by Gasteiger charge is -2.25. The summed E-state index contributed by atoms with van der Waals surface area (Å²) in [5.74, 6) is -0.465. The molecule has 0 fully saturated rings. The van der Waals surface area contributed by atoms with Gasteiger partial charge in [-0.1, -0.05) is 54.1 Å². The molecule has 0 atom stereocenters. The predicted octanol–water partition coefficient (Wildman–Crippen LogP) is 5.89. The number of ether oxygens (including phenoxy) is 1. The summed E-state index contributed by atoms with van der Waals surface area (Å²) < 4.78 is 11.9. The Balaban J connectivity index is 1.66. The molecule has 6 nitrogen and oxygen atoms in total. The van der Waals surface area contributed by atoms with Crippen LogP contribution in [0.2, 0.25) is 0 Å². The average Bonchev–Trinajstić information content (AvgIpc) is 3.21. The summed E-state index contributed by atoms with van der Waals surface area (Å²) >= 11 is 0. The second kappa shape index (κ2) is 8.98. The molecule has 1 heterocycles. The third-order valence-electron chi connectivity index (χ3n) is 5.55. The summed E-state index contributed by atoms with van der Waals surface area (Å²) in [5, 5.41) is 9.46. The van der Waals surface area contributed by atoms with Gasteiger partial charge in [0.25, 0.3) is 6.01 Å². The van der Waals surface area contributed by atoms with Gasteiger partial charge >= 0.3 is 5.97 Å². The van der Waals surface area contributed by atoms with Crippen molar-refractivity contribution in [3.05, 3.63) is 89.0 Å². The molecule has 0 amide bonds. The standard InChI is InChI=1S/C27H28N2O4/c1-18-9-12-20(13-10-18)16-29(26-28-22-7-5-6-8-23(22)32-26)17-21-14-11-19(2)24(15-21)33-27(3,4)25(30)31/h5-15H,16-17H2,1-4H3,(H,30,31). The van der Waals surface area contributed by atoms with E-state index in [1.54, 1.807) is 13.8 Å². The van der Waals surface area contributed by atoms with Gasteiger partial charge in [-0.15, -0.1) is 0 Å². The minimum Gasteiger partial charge on any atom is -0.478 e.